The van der Waals surface area contributed by atoms with E-state index < -0.39 is 13.0 Å². The van der Waals surface area contributed by atoms with Crippen LogP contribution in [0.5, 0.6) is 0 Å². The number of halogens is 6. The second kappa shape index (κ2) is 2.76. The summed E-state index contributed by atoms with van der Waals surface area (Å²) >= 11 is 37.7. The molecule has 4 fully saturated rings. The summed E-state index contributed by atoms with van der Waals surface area (Å²) in [6, 6.07) is 0. The van der Waals surface area contributed by atoms with Crippen molar-refractivity contribution in [1.82, 2.24) is 0 Å². The Labute approximate surface area is 124 Å². The fourth-order valence-electron chi connectivity index (χ4n) is 3.99. The van der Waals surface area contributed by atoms with E-state index in [1.54, 1.807) is 0 Å². The third kappa shape index (κ3) is 1.10. The van der Waals surface area contributed by atoms with Crippen molar-refractivity contribution in [3.05, 3.63) is 0 Å². The third-order valence-electron chi connectivity index (χ3n) is 4.97. The average molecular weight is 341 g/mol. The summed E-state index contributed by atoms with van der Waals surface area (Å²) in [5.41, 5.74) is 0. The largest absolute Gasteiger partial charge is 0.125 e. The zero-order valence-corrected chi connectivity index (χ0v) is 12.5. The normalized spacial score (nSPS) is 61.1. The van der Waals surface area contributed by atoms with Crippen molar-refractivity contribution in [2.45, 2.75) is 19.4 Å². The zero-order chi connectivity index (χ0) is 11.7. The first kappa shape index (κ1) is 11.6. The van der Waals surface area contributed by atoms with Gasteiger partial charge in [0.25, 0.3) is 0 Å². The van der Waals surface area contributed by atoms with E-state index in [0.29, 0.717) is 0 Å². The van der Waals surface area contributed by atoms with Crippen LogP contribution in [0.1, 0.15) is 6.42 Å². The molecule has 0 heterocycles. The Morgan fingerprint density at radius 3 is 1.31 bits per heavy atom. The molecule has 0 unspecified atom stereocenters. The molecule has 0 spiro atoms. The van der Waals surface area contributed by atoms with Gasteiger partial charge in [0.1, 0.15) is 13.0 Å². The second-order valence-electron chi connectivity index (χ2n) is 5.58. The van der Waals surface area contributed by atoms with Crippen molar-refractivity contribution in [3.63, 3.8) is 0 Å². The highest BCUT2D eigenvalue weighted by atomic mass is 35.5. The summed E-state index contributed by atoms with van der Waals surface area (Å²) in [7, 11) is 0. The molecule has 0 aromatic heterocycles. The van der Waals surface area contributed by atoms with E-state index in [2.05, 4.69) is 0 Å². The van der Waals surface area contributed by atoms with E-state index in [0.717, 1.165) is 6.42 Å². The molecule has 0 aliphatic heterocycles. The van der Waals surface area contributed by atoms with Crippen LogP contribution in [0.15, 0.2) is 0 Å². The molecule has 6 heteroatoms. The van der Waals surface area contributed by atoms with Gasteiger partial charge in [0.15, 0.2) is 0 Å². The Morgan fingerprint density at radius 2 is 0.938 bits per heavy atom. The molecule has 0 aromatic rings. The molecule has 4 rings (SSSR count). The smallest absolute Gasteiger partial charge is 0.101 e. The van der Waals surface area contributed by atoms with Crippen LogP contribution in [0.4, 0.5) is 0 Å². The lowest BCUT2D eigenvalue weighted by Crippen LogP contribution is -1.98. The summed E-state index contributed by atoms with van der Waals surface area (Å²) in [5.74, 6) is 1.32. The first-order valence-electron chi connectivity index (χ1n) is 5.35. The highest BCUT2D eigenvalue weighted by Crippen LogP contribution is 2.87. The monoisotopic (exact) mass is 338 g/mol. The first-order chi connectivity index (χ1) is 7.22. The van der Waals surface area contributed by atoms with Crippen LogP contribution in [0.2, 0.25) is 0 Å². The lowest BCUT2D eigenvalue weighted by molar-refractivity contribution is 0.569. The molecule has 16 heavy (non-hydrogen) atoms. The highest BCUT2D eigenvalue weighted by Gasteiger charge is 2.88. The zero-order valence-electron chi connectivity index (χ0n) is 7.94. The van der Waals surface area contributed by atoms with E-state index >= 15 is 0 Å². The quantitative estimate of drug-likeness (QED) is 0.563. The van der Waals surface area contributed by atoms with Crippen LogP contribution >= 0.6 is 69.6 Å². The van der Waals surface area contributed by atoms with E-state index in [9.17, 15) is 0 Å². The maximum atomic E-state index is 6.31. The summed E-state index contributed by atoms with van der Waals surface area (Å²) in [5, 5.41) is 0. The molecule has 0 amide bonds. The van der Waals surface area contributed by atoms with Crippen LogP contribution < -0.4 is 0 Å². The van der Waals surface area contributed by atoms with Crippen LogP contribution in [0.3, 0.4) is 0 Å². The number of rotatable bonds is 0. The molecular formula is C10H8Cl6. The maximum Gasteiger partial charge on any atom is 0.125 e. The van der Waals surface area contributed by atoms with Gasteiger partial charge in [-0.3, -0.25) is 0 Å². The molecule has 0 nitrogen and oxygen atoms in total. The molecule has 90 valence electrons. The van der Waals surface area contributed by atoms with Gasteiger partial charge in [-0.1, -0.05) is 0 Å². The number of hydrogen-bond acceptors (Lipinski definition) is 0. The van der Waals surface area contributed by atoms with Crippen molar-refractivity contribution in [2.75, 3.05) is 0 Å². The van der Waals surface area contributed by atoms with Crippen molar-refractivity contribution < 1.29 is 0 Å². The van der Waals surface area contributed by atoms with Crippen LogP contribution in [-0.4, -0.2) is 13.0 Å². The lowest BCUT2D eigenvalue weighted by atomic mass is 10.1. The Kier molecular flexibility index (Phi) is 2.00. The van der Waals surface area contributed by atoms with E-state index in [4.69, 9.17) is 69.6 Å². The number of hydrogen-bond donors (Lipinski definition) is 0. The Hall–Kier alpha value is 1.74. The van der Waals surface area contributed by atoms with E-state index in [-0.39, 0.29) is 35.5 Å². The van der Waals surface area contributed by atoms with Gasteiger partial charge in [0.2, 0.25) is 0 Å². The first-order valence-corrected chi connectivity index (χ1v) is 7.62. The van der Waals surface area contributed by atoms with Gasteiger partial charge < -0.3 is 0 Å². The standard InChI is InChI=1S/C10H8Cl6/c11-8(12)2-1-3-5(9(3,13)14)7-6(4(2)8)10(7,15)16/h2-7H,1H2/t2-,3+,4-,5-,6+,7-/m0/s1. The fraction of sp³-hybridized carbons (Fsp3) is 1.00. The Bertz CT molecular complexity index is 355. The molecule has 0 bridgehead atoms. The van der Waals surface area contributed by atoms with Gasteiger partial charge in [-0.2, -0.15) is 0 Å². The van der Waals surface area contributed by atoms with Gasteiger partial charge in [-0.05, 0) is 18.3 Å². The molecule has 4 aliphatic carbocycles. The minimum absolute atomic E-state index is 0.171. The SMILES string of the molecule is ClC1(Cl)[C@@H]2[C@H]1[C@@H]1[C@H](C[C@@H]3[C@@H]2C3(Cl)Cl)C1(Cl)Cl. The van der Waals surface area contributed by atoms with Crippen LogP contribution in [0, 0.1) is 35.5 Å². The second-order valence-corrected chi connectivity index (χ2v) is 9.91. The molecule has 0 N–H and O–H groups in total. The van der Waals surface area contributed by atoms with Crippen molar-refractivity contribution >= 4 is 69.6 Å². The van der Waals surface area contributed by atoms with Crippen LogP contribution in [0.25, 0.3) is 0 Å². The number of alkyl halides is 6. The molecule has 4 aliphatic rings. The predicted molar refractivity (Wildman–Crippen MR) is 68.9 cm³/mol. The molecule has 0 aromatic carbocycles. The third-order valence-corrected chi connectivity index (χ3v) is 8.11. The highest BCUT2D eigenvalue weighted by molar-refractivity contribution is 6.55. The summed E-state index contributed by atoms with van der Waals surface area (Å²) in [6.07, 6.45) is 0.909. The lowest BCUT2D eigenvalue weighted by Gasteiger charge is -1.99. The summed E-state index contributed by atoms with van der Waals surface area (Å²) in [6.45, 7) is 0. The van der Waals surface area contributed by atoms with Gasteiger partial charge in [-0.15, -0.1) is 69.6 Å². The molecule has 0 radical (unpaired) electrons. The Balaban J connectivity index is 1.73. The Morgan fingerprint density at radius 1 is 0.562 bits per heavy atom. The number of fused-ring (bicyclic) bond motifs is 5. The molecule has 6 atom stereocenters. The van der Waals surface area contributed by atoms with Crippen molar-refractivity contribution in [1.29, 1.82) is 0 Å². The van der Waals surface area contributed by atoms with E-state index in [1.807, 2.05) is 0 Å². The minimum atomic E-state index is -0.719. The van der Waals surface area contributed by atoms with Gasteiger partial charge in [0, 0.05) is 23.7 Å². The molecular weight excluding hydrogens is 333 g/mol. The maximum absolute atomic E-state index is 6.31. The van der Waals surface area contributed by atoms with Gasteiger partial charge >= 0.3 is 0 Å². The topological polar surface area (TPSA) is 0 Å². The summed E-state index contributed by atoms with van der Waals surface area (Å²) < 4.78 is -2.04. The van der Waals surface area contributed by atoms with Gasteiger partial charge in [-0.25, -0.2) is 0 Å². The van der Waals surface area contributed by atoms with Crippen LogP contribution in [-0.2, 0) is 0 Å². The minimum Gasteiger partial charge on any atom is -0.101 e. The molecule has 4 saturated carbocycles. The van der Waals surface area contributed by atoms with Crippen molar-refractivity contribution in [2.24, 2.45) is 35.5 Å². The van der Waals surface area contributed by atoms with E-state index in [1.165, 1.54) is 0 Å². The average Bonchev–Trinajstić information content (AvgIpc) is 2.96. The molecule has 0 saturated heterocycles. The predicted octanol–water partition coefficient (Wildman–Crippen LogP) is 4.65. The fourth-order valence-corrected chi connectivity index (χ4v) is 6.75. The summed E-state index contributed by atoms with van der Waals surface area (Å²) in [4.78, 5) is 0. The van der Waals surface area contributed by atoms with Gasteiger partial charge in [0.05, 0.1) is 0 Å². The van der Waals surface area contributed by atoms with Crippen molar-refractivity contribution in [3.8, 4) is 0 Å².